The molecule has 1 saturated heterocycles. The van der Waals surface area contributed by atoms with Gasteiger partial charge >= 0.3 is 5.97 Å². The smallest absolute Gasteiger partial charge is 0.316 e. The lowest BCUT2D eigenvalue weighted by molar-refractivity contribution is -0.147. The molecule has 0 aromatic heterocycles. The summed E-state index contributed by atoms with van der Waals surface area (Å²) in [5.41, 5.74) is 0. The second kappa shape index (κ2) is 3.05. The van der Waals surface area contributed by atoms with Gasteiger partial charge in [0, 0.05) is 5.25 Å². The number of hydrogen-bond acceptors (Lipinski definition) is 3. The van der Waals surface area contributed by atoms with Crippen LogP contribution in [0.5, 0.6) is 0 Å². The van der Waals surface area contributed by atoms with Crippen molar-refractivity contribution in [2.45, 2.75) is 37.0 Å². The molecule has 0 N–H and O–H groups in total. The Morgan fingerprint density at radius 3 is 3.09 bits per heavy atom. The van der Waals surface area contributed by atoms with Gasteiger partial charge in [-0.3, -0.25) is 4.79 Å². The molecule has 0 bridgehead atoms. The van der Waals surface area contributed by atoms with Crippen LogP contribution in [0.4, 0.5) is 0 Å². The van der Waals surface area contributed by atoms with Crippen LogP contribution in [0.2, 0.25) is 0 Å². The monoisotopic (exact) mass is 172 g/mol. The molecule has 62 valence electrons. The van der Waals surface area contributed by atoms with Crippen molar-refractivity contribution in [2.75, 3.05) is 5.75 Å². The van der Waals surface area contributed by atoms with E-state index in [9.17, 15) is 4.79 Å². The average molecular weight is 172 g/mol. The Morgan fingerprint density at radius 2 is 2.18 bits per heavy atom. The van der Waals surface area contributed by atoms with E-state index in [4.69, 9.17) is 4.74 Å². The van der Waals surface area contributed by atoms with E-state index >= 15 is 0 Å². The second-order valence-corrected chi connectivity index (χ2v) is 4.39. The Morgan fingerprint density at radius 1 is 1.36 bits per heavy atom. The molecule has 2 aliphatic rings. The van der Waals surface area contributed by atoms with Crippen molar-refractivity contribution in [1.82, 2.24) is 0 Å². The lowest BCUT2D eigenvalue weighted by atomic mass is 9.97. The van der Waals surface area contributed by atoms with Crippen molar-refractivity contribution < 1.29 is 9.53 Å². The molecule has 0 unspecified atom stereocenters. The van der Waals surface area contributed by atoms with Gasteiger partial charge in [-0.05, 0) is 19.3 Å². The molecule has 0 amide bonds. The molecule has 3 heteroatoms. The fourth-order valence-corrected chi connectivity index (χ4v) is 2.92. The zero-order chi connectivity index (χ0) is 7.68. The Hall–Kier alpha value is -0.180. The molecule has 0 aromatic carbocycles. The van der Waals surface area contributed by atoms with Crippen LogP contribution in [0.25, 0.3) is 0 Å². The molecule has 2 rings (SSSR count). The van der Waals surface area contributed by atoms with Crippen molar-refractivity contribution in [1.29, 1.82) is 0 Å². The van der Waals surface area contributed by atoms with Gasteiger partial charge in [-0.15, -0.1) is 11.8 Å². The Balaban J connectivity index is 1.98. The highest BCUT2D eigenvalue weighted by molar-refractivity contribution is 8.00. The number of thioether (sulfide) groups is 1. The summed E-state index contributed by atoms with van der Waals surface area (Å²) in [6.07, 6.45) is 5.11. The first-order valence-corrected chi connectivity index (χ1v) is 5.22. The molecule has 2 nitrogen and oxygen atoms in total. The Labute approximate surface area is 70.7 Å². The first-order chi connectivity index (χ1) is 5.36. The fraction of sp³-hybridized carbons (Fsp3) is 0.875. The quantitative estimate of drug-likeness (QED) is 0.519. The molecule has 1 aliphatic carbocycles. The normalized spacial score (nSPS) is 37.6. The van der Waals surface area contributed by atoms with E-state index in [-0.39, 0.29) is 12.1 Å². The molecule has 1 aliphatic heterocycles. The third-order valence-corrected chi connectivity index (χ3v) is 3.71. The van der Waals surface area contributed by atoms with E-state index in [0.29, 0.717) is 11.0 Å². The largest absolute Gasteiger partial charge is 0.461 e. The van der Waals surface area contributed by atoms with Crippen molar-refractivity contribution in [3.63, 3.8) is 0 Å². The lowest BCUT2D eigenvalue weighted by Gasteiger charge is -2.33. The Kier molecular flexibility index (Phi) is 2.07. The maximum absolute atomic E-state index is 10.9. The predicted octanol–water partition coefficient (Wildman–Crippen LogP) is 1.59. The van der Waals surface area contributed by atoms with E-state index in [1.165, 1.54) is 19.3 Å². The molecule has 0 spiro atoms. The number of rotatable bonds is 0. The summed E-state index contributed by atoms with van der Waals surface area (Å²) in [7, 11) is 0. The van der Waals surface area contributed by atoms with Crippen LogP contribution in [0.3, 0.4) is 0 Å². The number of hydrogen-bond donors (Lipinski definition) is 0. The third kappa shape index (κ3) is 1.53. The highest BCUT2D eigenvalue weighted by Gasteiger charge is 2.32. The van der Waals surface area contributed by atoms with Gasteiger partial charge in [0.2, 0.25) is 0 Å². The summed E-state index contributed by atoms with van der Waals surface area (Å²) in [6.45, 7) is 0. The summed E-state index contributed by atoms with van der Waals surface area (Å²) >= 11 is 1.78. The van der Waals surface area contributed by atoms with Crippen LogP contribution in [-0.2, 0) is 9.53 Å². The molecule has 2 atom stereocenters. The second-order valence-electron chi connectivity index (χ2n) is 3.16. The van der Waals surface area contributed by atoms with Crippen LogP contribution in [-0.4, -0.2) is 23.1 Å². The van der Waals surface area contributed by atoms with Crippen LogP contribution >= 0.6 is 11.8 Å². The SMILES string of the molecule is O=C1CS[C@@H]2CCCC[C@@H]2O1. The molecular formula is C8H12O2S. The van der Waals surface area contributed by atoms with Gasteiger partial charge in [-0.1, -0.05) is 6.42 Å². The minimum Gasteiger partial charge on any atom is -0.461 e. The van der Waals surface area contributed by atoms with Gasteiger partial charge in [0.05, 0.1) is 5.75 Å². The van der Waals surface area contributed by atoms with Crippen molar-refractivity contribution in [3.05, 3.63) is 0 Å². The number of carbonyl (C=O) groups is 1. The molecule has 2 fully saturated rings. The van der Waals surface area contributed by atoms with E-state index in [1.54, 1.807) is 11.8 Å². The van der Waals surface area contributed by atoms with Crippen molar-refractivity contribution in [2.24, 2.45) is 0 Å². The number of fused-ring (bicyclic) bond motifs is 1. The first-order valence-electron chi connectivity index (χ1n) is 4.17. The minimum atomic E-state index is -0.0156. The van der Waals surface area contributed by atoms with Crippen molar-refractivity contribution in [3.8, 4) is 0 Å². The topological polar surface area (TPSA) is 26.3 Å². The Bertz CT molecular complexity index is 169. The van der Waals surface area contributed by atoms with Gasteiger partial charge in [0.15, 0.2) is 0 Å². The van der Waals surface area contributed by atoms with E-state index in [2.05, 4.69) is 0 Å². The average Bonchev–Trinajstić information content (AvgIpc) is 2.04. The number of ether oxygens (including phenoxy) is 1. The van der Waals surface area contributed by atoms with Gasteiger partial charge in [0.25, 0.3) is 0 Å². The maximum atomic E-state index is 10.9. The van der Waals surface area contributed by atoms with Crippen LogP contribution < -0.4 is 0 Å². The summed E-state index contributed by atoms with van der Waals surface area (Å²) in [4.78, 5) is 10.9. The summed E-state index contributed by atoms with van der Waals surface area (Å²) in [5, 5.41) is 0.612. The number of carbonyl (C=O) groups excluding carboxylic acids is 1. The first kappa shape index (κ1) is 7.47. The van der Waals surface area contributed by atoms with Crippen molar-refractivity contribution >= 4 is 17.7 Å². The fourth-order valence-electron chi connectivity index (χ4n) is 1.77. The van der Waals surface area contributed by atoms with Gasteiger partial charge < -0.3 is 4.74 Å². The van der Waals surface area contributed by atoms with Crippen LogP contribution in [0, 0.1) is 0 Å². The van der Waals surface area contributed by atoms with Gasteiger partial charge in [-0.2, -0.15) is 0 Å². The van der Waals surface area contributed by atoms with Gasteiger partial charge in [0.1, 0.15) is 6.10 Å². The molecule has 0 radical (unpaired) electrons. The summed E-state index contributed by atoms with van der Waals surface area (Å²) in [6, 6.07) is 0. The predicted molar refractivity (Wildman–Crippen MR) is 44.6 cm³/mol. The lowest BCUT2D eigenvalue weighted by Crippen LogP contribution is -2.37. The molecule has 1 saturated carbocycles. The zero-order valence-electron chi connectivity index (χ0n) is 6.41. The zero-order valence-corrected chi connectivity index (χ0v) is 7.23. The van der Waals surface area contributed by atoms with E-state index in [0.717, 1.165) is 6.42 Å². The van der Waals surface area contributed by atoms with E-state index in [1.807, 2.05) is 0 Å². The molecular weight excluding hydrogens is 160 g/mol. The molecule has 1 heterocycles. The van der Waals surface area contributed by atoms with Crippen LogP contribution in [0.1, 0.15) is 25.7 Å². The highest BCUT2D eigenvalue weighted by Crippen LogP contribution is 2.33. The maximum Gasteiger partial charge on any atom is 0.316 e. The van der Waals surface area contributed by atoms with Crippen LogP contribution in [0.15, 0.2) is 0 Å². The summed E-state index contributed by atoms with van der Waals surface area (Å²) < 4.78 is 5.23. The number of esters is 1. The summed E-state index contributed by atoms with van der Waals surface area (Å²) in [5.74, 6) is 0.555. The van der Waals surface area contributed by atoms with Gasteiger partial charge in [-0.25, -0.2) is 0 Å². The minimum absolute atomic E-state index is 0.0156. The molecule has 0 aromatic rings. The highest BCUT2D eigenvalue weighted by atomic mass is 32.2. The van der Waals surface area contributed by atoms with E-state index < -0.39 is 0 Å². The standard InChI is InChI=1S/C8H12O2S/c9-8-5-11-7-4-2-1-3-6(7)10-8/h6-7H,1-5H2/t6-,7+/m0/s1. The molecule has 11 heavy (non-hydrogen) atoms. The third-order valence-electron chi connectivity index (χ3n) is 2.34.